The molecule has 8 heteroatoms. The van der Waals surface area contributed by atoms with Crippen LogP contribution in [-0.4, -0.2) is 44.8 Å². The Kier molecular flexibility index (Phi) is 8.06. The molecule has 0 radical (unpaired) electrons. The van der Waals surface area contributed by atoms with E-state index in [0.717, 1.165) is 6.16 Å². The van der Waals surface area contributed by atoms with Gasteiger partial charge in [0.2, 0.25) is 0 Å². The second-order valence-corrected chi connectivity index (χ2v) is 9.79. The zero-order chi connectivity index (χ0) is 19.1. The van der Waals surface area contributed by atoms with Crippen LogP contribution in [0.1, 0.15) is 5.56 Å². The lowest BCUT2D eigenvalue weighted by molar-refractivity contribution is 0.368. The number of benzene rings is 2. The monoisotopic (exact) mass is 374 g/mol. The molecule has 0 unspecified atom stereocenters. The molecule has 0 fully saturated rings. The summed E-state index contributed by atoms with van der Waals surface area (Å²) in [7, 11) is 1.24. The fourth-order valence-corrected chi connectivity index (χ4v) is 6.46. The van der Waals surface area contributed by atoms with Crippen LogP contribution in [0.15, 0.2) is 60.7 Å². The maximum Gasteiger partial charge on any atom is 0.673 e. The van der Waals surface area contributed by atoms with Crippen molar-refractivity contribution in [2.24, 2.45) is 0 Å². The number of nitrogens with zero attached hydrogens (tertiary/aromatic N) is 2. The summed E-state index contributed by atoms with van der Waals surface area (Å²) in [5, 5.41) is 1.43. The summed E-state index contributed by atoms with van der Waals surface area (Å²) in [5.74, 6) is 0. The van der Waals surface area contributed by atoms with Crippen molar-refractivity contribution in [1.82, 2.24) is 9.34 Å². The molecule has 2 aromatic carbocycles. The van der Waals surface area contributed by atoms with Crippen molar-refractivity contribution in [1.29, 1.82) is 0 Å². The van der Waals surface area contributed by atoms with Crippen molar-refractivity contribution in [3.8, 4) is 0 Å². The number of hydrogen-bond donors (Lipinski definition) is 0. The van der Waals surface area contributed by atoms with Crippen LogP contribution < -0.4 is 5.30 Å². The Labute approximate surface area is 148 Å². The van der Waals surface area contributed by atoms with Crippen LogP contribution >= 0.6 is 7.56 Å². The molecule has 2 aromatic rings. The van der Waals surface area contributed by atoms with Crippen molar-refractivity contribution in [2.75, 3.05) is 28.2 Å². The van der Waals surface area contributed by atoms with Gasteiger partial charge in [-0.2, -0.15) is 9.34 Å². The zero-order valence-electron chi connectivity index (χ0n) is 14.9. The Balaban J connectivity index is 0.000000550. The first-order chi connectivity index (χ1) is 11.6. The Morgan fingerprint density at radius 3 is 1.44 bits per heavy atom. The highest BCUT2D eigenvalue weighted by Gasteiger charge is 2.46. The molecule has 0 atom stereocenters. The molecule has 0 aliphatic carbocycles. The van der Waals surface area contributed by atoms with Gasteiger partial charge in [0.15, 0.2) is 7.56 Å². The van der Waals surface area contributed by atoms with Crippen LogP contribution in [0.5, 0.6) is 0 Å². The Hall–Kier alpha value is -1.43. The Bertz CT molecular complexity index is 608. The zero-order valence-corrected chi connectivity index (χ0v) is 15.8. The van der Waals surface area contributed by atoms with E-state index < -0.39 is 14.8 Å². The lowest BCUT2D eigenvalue weighted by Gasteiger charge is -2.36. The predicted octanol–water partition coefficient (Wildman–Crippen LogP) is 4.78. The molecule has 0 saturated heterocycles. The van der Waals surface area contributed by atoms with E-state index >= 15 is 0 Å². The summed E-state index contributed by atoms with van der Waals surface area (Å²) in [6.07, 6.45) is 1.07. The number of halogens is 4. The molecule has 25 heavy (non-hydrogen) atoms. The van der Waals surface area contributed by atoms with Gasteiger partial charge in [-0.3, -0.25) is 0 Å². The van der Waals surface area contributed by atoms with E-state index in [9.17, 15) is 17.3 Å². The molecule has 0 aromatic heterocycles. The third-order valence-corrected chi connectivity index (χ3v) is 8.32. The van der Waals surface area contributed by atoms with Crippen LogP contribution in [0.25, 0.3) is 0 Å². The fourth-order valence-electron chi connectivity index (χ4n) is 2.70. The van der Waals surface area contributed by atoms with Crippen molar-refractivity contribution in [3.63, 3.8) is 0 Å². The molecule has 0 aliphatic heterocycles. The minimum absolute atomic E-state index is 1.07. The molecule has 138 valence electrons. The minimum Gasteiger partial charge on any atom is -0.418 e. The van der Waals surface area contributed by atoms with E-state index in [1.54, 1.807) is 0 Å². The summed E-state index contributed by atoms with van der Waals surface area (Å²) in [5.41, 5.74) is 1.40. The van der Waals surface area contributed by atoms with Gasteiger partial charge in [-0.05, 0) is 17.7 Å². The summed E-state index contributed by atoms with van der Waals surface area (Å²) < 4.78 is 43.8. The third kappa shape index (κ3) is 6.77. The van der Waals surface area contributed by atoms with Crippen molar-refractivity contribution in [2.45, 2.75) is 6.16 Å². The SMILES string of the molecule is CN(C)[P+](Cc1ccccc1)(c1ccccc1)N(C)C.F[B-](F)(F)F. The molecular formula is C17H24BF4N2P. The van der Waals surface area contributed by atoms with Crippen molar-refractivity contribution < 1.29 is 17.3 Å². The van der Waals surface area contributed by atoms with Gasteiger partial charge >= 0.3 is 7.25 Å². The lowest BCUT2D eigenvalue weighted by Crippen LogP contribution is -2.35. The summed E-state index contributed by atoms with van der Waals surface area (Å²) >= 11 is 0. The van der Waals surface area contributed by atoms with Crippen molar-refractivity contribution >= 4 is 20.1 Å². The average Bonchev–Trinajstić information content (AvgIpc) is 2.52. The first-order valence-corrected chi connectivity index (χ1v) is 9.66. The molecule has 2 nitrogen and oxygen atoms in total. The maximum absolute atomic E-state index is 9.75. The minimum atomic E-state index is -6.00. The smallest absolute Gasteiger partial charge is 0.418 e. The van der Waals surface area contributed by atoms with Gasteiger partial charge in [0, 0.05) is 28.2 Å². The second-order valence-electron chi connectivity index (χ2n) is 5.90. The predicted molar refractivity (Wildman–Crippen MR) is 101 cm³/mol. The molecule has 0 bridgehead atoms. The maximum atomic E-state index is 9.75. The number of hydrogen-bond acceptors (Lipinski definition) is 2. The third-order valence-electron chi connectivity index (χ3n) is 3.74. The molecular weight excluding hydrogens is 350 g/mol. The molecule has 0 saturated carbocycles. The lowest BCUT2D eigenvalue weighted by atomic mass is 10.2. The first-order valence-electron chi connectivity index (χ1n) is 7.78. The molecule has 0 spiro atoms. The summed E-state index contributed by atoms with van der Waals surface area (Å²) in [6.45, 7) is 0. The largest absolute Gasteiger partial charge is 0.673 e. The fraction of sp³-hybridized carbons (Fsp3) is 0.294. The molecule has 0 heterocycles. The Morgan fingerprint density at radius 2 is 1.08 bits per heavy atom. The van der Waals surface area contributed by atoms with Crippen molar-refractivity contribution in [3.05, 3.63) is 66.2 Å². The molecule has 0 amide bonds. The highest BCUT2D eigenvalue weighted by molar-refractivity contribution is 7.77. The average molecular weight is 374 g/mol. The van der Waals surface area contributed by atoms with Gasteiger partial charge in [-0.1, -0.05) is 48.5 Å². The number of rotatable bonds is 5. The van der Waals surface area contributed by atoms with Gasteiger partial charge in [-0.25, -0.2) is 0 Å². The summed E-state index contributed by atoms with van der Waals surface area (Å²) in [4.78, 5) is 0. The van der Waals surface area contributed by atoms with E-state index in [-0.39, 0.29) is 0 Å². The topological polar surface area (TPSA) is 6.48 Å². The normalized spacial score (nSPS) is 12.1. The van der Waals surface area contributed by atoms with Gasteiger partial charge < -0.3 is 17.3 Å². The Morgan fingerprint density at radius 1 is 0.720 bits per heavy atom. The van der Waals surface area contributed by atoms with E-state index in [2.05, 4.69) is 98.2 Å². The van der Waals surface area contributed by atoms with E-state index in [4.69, 9.17) is 0 Å². The summed E-state index contributed by atoms with van der Waals surface area (Å²) in [6, 6.07) is 21.7. The van der Waals surface area contributed by atoms with Gasteiger partial charge in [-0.15, -0.1) is 0 Å². The van der Waals surface area contributed by atoms with Crippen LogP contribution in [0, 0.1) is 0 Å². The van der Waals surface area contributed by atoms with Crippen LogP contribution in [0.3, 0.4) is 0 Å². The quantitative estimate of drug-likeness (QED) is 0.422. The van der Waals surface area contributed by atoms with Crippen LogP contribution in [0.4, 0.5) is 17.3 Å². The van der Waals surface area contributed by atoms with Gasteiger partial charge in [0.25, 0.3) is 0 Å². The van der Waals surface area contributed by atoms with Crippen LogP contribution in [0.2, 0.25) is 0 Å². The first kappa shape index (κ1) is 21.6. The van der Waals surface area contributed by atoms with E-state index in [1.807, 2.05) is 0 Å². The van der Waals surface area contributed by atoms with E-state index in [1.165, 1.54) is 10.9 Å². The molecule has 0 aliphatic rings. The van der Waals surface area contributed by atoms with Crippen LogP contribution in [-0.2, 0) is 6.16 Å². The standard InChI is InChI=1S/C17H24N2P.BF4/c1-18(2)20(19(3)4,17-13-9-6-10-14-17)15-16-11-7-5-8-12-16;2-1(3,4)5/h5-14H,15H2,1-4H3;/q+1;-1. The highest BCUT2D eigenvalue weighted by Crippen LogP contribution is 2.63. The van der Waals surface area contributed by atoms with E-state index in [0.29, 0.717) is 0 Å². The van der Waals surface area contributed by atoms with Gasteiger partial charge in [0.1, 0.15) is 11.5 Å². The second kappa shape index (κ2) is 9.32. The molecule has 0 N–H and O–H groups in total. The highest BCUT2D eigenvalue weighted by atomic mass is 31.2. The molecule has 2 rings (SSSR count). The van der Waals surface area contributed by atoms with Gasteiger partial charge in [0.05, 0.1) is 0 Å².